The summed E-state index contributed by atoms with van der Waals surface area (Å²) in [6, 6.07) is 2.40. The van der Waals surface area contributed by atoms with Gasteiger partial charge in [-0.15, -0.1) is 0 Å². The van der Waals surface area contributed by atoms with Crippen molar-refractivity contribution in [2.45, 2.75) is 44.9 Å². The van der Waals surface area contributed by atoms with Crippen LogP contribution in [-0.2, 0) is 0 Å². The minimum absolute atomic E-state index is 0.198. The Morgan fingerprint density at radius 1 is 1.18 bits per heavy atom. The van der Waals surface area contributed by atoms with Crippen LogP contribution >= 0.6 is 0 Å². The van der Waals surface area contributed by atoms with E-state index in [4.69, 9.17) is 11.0 Å². The average Bonchev–Trinajstić information content (AvgIpc) is 2.56. The van der Waals surface area contributed by atoms with Crippen molar-refractivity contribution < 1.29 is 0 Å². The van der Waals surface area contributed by atoms with E-state index in [0.29, 0.717) is 12.5 Å². The Morgan fingerprint density at radius 2 is 1.82 bits per heavy atom. The summed E-state index contributed by atoms with van der Waals surface area (Å²) in [5.74, 6) is 0.647. The van der Waals surface area contributed by atoms with Crippen molar-refractivity contribution in [3.8, 4) is 6.07 Å². The van der Waals surface area contributed by atoms with Crippen LogP contribution in [0.3, 0.4) is 0 Å². The molecule has 0 spiro atoms. The molecule has 2 N–H and O–H groups in total. The third-order valence-electron chi connectivity index (χ3n) is 4.02. The molecule has 1 aliphatic heterocycles. The first-order valence-corrected chi connectivity index (χ1v) is 6.72. The molecule has 94 valence electrons. The van der Waals surface area contributed by atoms with E-state index in [9.17, 15) is 0 Å². The molecule has 1 saturated carbocycles. The molecular weight excluding hydrogens is 212 g/mol. The summed E-state index contributed by atoms with van der Waals surface area (Å²) in [5, 5.41) is 9.13. The molecule has 17 heavy (non-hydrogen) atoms. The maximum atomic E-state index is 9.13. The standard InChI is InChI=1S/C13H22N4/c14-10-13(6-5-7-13)11-16-12(15)17-8-3-1-2-4-9-17/h1-9,11H2,(H2,15,16). The quantitative estimate of drug-likeness (QED) is 0.586. The van der Waals surface area contributed by atoms with Gasteiger partial charge in [-0.3, -0.25) is 4.99 Å². The topological polar surface area (TPSA) is 65.4 Å². The van der Waals surface area contributed by atoms with Crippen LogP contribution < -0.4 is 5.73 Å². The van der Waals surface area contributed by atoms with E-state index in [0.717, 1.165) is 32.4 Å². The highest BCUT2D eigenvalue weighted by Gasteiger charge is 2.37. The van der Waals surface area contributed by atoms with Gasteiger partial charge in [0.05, 0.1) is 18.0 Å². The van der Waals surface area contributed by atoms with Crippen LogP contribution in [0.5, 0.6) is 0 Å². The summed E-state index contributed by atoms with van der Waals surface area (Å²) in [5.41, 5.74) is 5.83. The molecule has 0 aromatic carbocycles. The minimum atomic E-state index is -0.198. The lowest BCUT2D eigenvalue weighted by Gasteiger charge is -2.34. The molecule has 0 aromatic heterocycles. The Hall–Kier alpha value is -1.24. The number of likely N-dealkylation sites (tertiary alicyclic amines) is 1. The van der Waals surface area contributed by atoms with Gasteiger partial charge in [0.1, 0.15) is 0 Å². The second-order valence-electron chi connectivity index (χ2n) is 5.32. The summed E-state index contributed by atoms with van der Waals surface area (Å²) in [6.45, 7) is 2.63. The van der Waals surface area contributed by atoms with Crippen molar-refractivity contribution in [3.05, 3.63) is 0 Å². The molecule has 0 unspecified atom stereocenters. The van der Waals surface area contributed by atoms with Crippen molar-refractivity contribution in [2.24, 2.45) is 16.1 Å². The summed E-state index contributed by atoms with van der Waals surface area (Å²) in [4.78, 5) is 6.63. The fourth-order valence-corrected chi connectivity index (χ4v) is 2.54. The molecule has 2 fully saturated rings. The lowest BCUT2D eigenvalue weighted by Crippen LogP contribution is -2.40. The Labute approximate surface area is 103 Å². The number of guanidine groups is 1. The Morgan fingerprint density at radius 3 is 2.29 bits per heavy atom. The van der Waals surface area contributed by atoms with Gasteiger partial charge in [-0.25, -0.2) is 0 Å². The van der Waals surface area contributed by atoms with Crippen LogP contribution in [0, 0.1) is 16.7 Å². The number of nitriles is 1. The zero-order valence-corrected chi connectivity index (χ0v) is 10.5. The smallest absolute Gasteiger partial charge is 0.191 e. The van der Waals surface area contributed by atoms with E-state index < -0.39 is 0 Å². The Bertz CT molecular complexity index is 317. The van der Waals surface area contributed by atoms with Gasteiger partial charge in [0.25, 0.3) is 0 Å². The monoisotopic (exact) mass is 234 g/mol. The molecular formula is C13H22N4. The van der Waals surface area contributed by atoms with Gasteiger partial charge < -0.3 is 10.6 Å². The highest BCUT2D eigenvalue weighted by molar-refractivity contribution is 5.78. The van der Waals surface area contributed by atoms with Gasteiger partial charge in [0, 0.05) is 13.1 Å². The molecule has 4 nitrogen and oxygen atoms in total. The van der Waals surface area contributed by atoms with Gasteiger partial charge in [-0.1, -0.05) is 19.3 Å². The number of rotatable bonds is 2. The van der Waals surface area contributed by atoms with E-state index in [-0.39, 0.29) is 5.41 Å². The van der Waals surface area contributed by atoms with E-state index in [1.54, 1.807) is 0 Å². The first-order valence-electron chi connectivity index (χ1n) is 6.72. The molecule has 0 amide bonds. The predicted octanol–water partition coefficient (Wildman–Crippen LogP) is 1.87. The third-order valence-corrected chi connectivity index (χ3v) is 4.02. The molecule has 0 aromatic rings. The third kappa shape index (κ3) is 2.91. The fourth-order valence-electron chi connectivity index (χ4n) is 2.54. The van der Waals surface area contributed by atoms with E-state index in [1.807, 2.05) is 0 Å². The van der Waals surface area contributed by atoms with Gasteiger partial charge >= 0.3 is 0 Å². The number of aliphatic imine (C=N–C) groups is 1. The van der Waals surface area contributed by atoms with E-state index >= 15 is 0 Å². The highest BCUT2D eigenvalue weighted by atomic mass is 15.2. The Kier molecular flexibility index (Phi) is 3.88. The van der Waals surface area contributed by atoms with Crippen molar-refractivity contribution in [1.29, 1.82) is 5.26 Å². The SMILES string of the molecule is N#CC1(CN=C(N)N2CCCCCC2)CCC1. The van der Waals surface area contributed by atoms with Crippen LogP contribution in [0.15, 0.2) is 4.99 Å². The minimum Gasteiger partial charge on any atom is -0.370 e. The summed E-state index contributed by atoms with van der Waals surface area (Å²) in [7, 11) is 0. The molecule has 1 heterocycles. The molecule has 1 saturated heterocycles. The summed E-state index contributed by atoms with van der Waals surface area (Å²) in [6.07, 6.45) is 8.14. The van der Waals surface area contributed by atoms with Crippen molar-refractivity contribution in [2.75, 3.05) is 19.6 Å². The average molecular weight is 234 g/mol. The van der Waals surface area contributed by atoms with Crippen molar-refractivity contribution in [3.63, 3.8) is 0 Å². The zero-order chi connectivity index (χ0) is 12.1. The lowest BCUT2D eigenvalue weighted by atomic mass is 9.70. The van der Waals surface area contributed by atoms with Gasteiger partial charge in [0.2, 0.25) is 0 Å². The van der Waals surface area contributed by atoms with Gasteiger partial charge in [-0.05, 0) is 25.7 Å². The van der Waals surface area contributed by atoms with Gasteiger partial charge in [0.15, 0.2) is 5.96 Å². The molecule has 0 atom stereocenters. The van der Waals surface area contributed by atoms with Gasteiger partial charge in [-0.2, -0.15) is 5.26 Å². The number of nitrogens with two attached hydrogens (primary N) is 1. The van der Waals surface area contributed by atoms with Crippen LogP contribution in [0.1, 0.15) is 44.9 Å². The molecule has 0 radical (unpaired) electrons. The van der Waals surface area contributed by atoms with Crippen LogP contribution in [0.4, 0.5) is 0 Å². The second-order valence-corrected chi connectivity index (χ2v) is 5.32. The highest BCUT2D eigenvalue weighted by Crippen LogP contribution is 2.40. The van der Waals surface area contributed by atoms with Crippen molar-refractivity contribution in [1.82, 2.24) is 4.90 Å². The summed E-state index contributed by atoms with van der Waals surface area (Å²) >= 11 is 0. The second kappa shape index (κ2) is 5.39. The lowest BCUT2D eigenvalue weighted by molar-refractivity contribution is 0.225. The predicted molar refractivity (Wildman–Crippen MR) is 68.4 cm³/mol. The molecule has 4 heteroatoms. The van der Waals surface area contributed by atoms with Crippen LogP contribution in [-0.4, -0.2) is 30.5 Å². The normalized spacial score (nSPS) is 24.6. The number of nitrogens with zero attached hydrogens (tertiary/aromatic N) is 3. The van der Waals surface area contributed by atoms with Crippen LogP contribution in [0.2, 0.25) is 0 Å². The fraction of sp³-hybridized carbons (Fsp3) is 0.846. The van der Waals surface area contributed by atoms with Crippen molar-refractivity contribution >= 4 is 5.96 Å². The molecule has 0 bridgehead atoms. The molecule has 2 aliphatic rings. The molecule has 2 rings (SSSR count). The number of hydrogen-bond acceptors (Lipinski definition) is 2. The van der Waals surface area contributed by atoms with E-state index in [1.165, 1.54) is 25.7 Å². The first-order chi connectivity index (χ1) is 8.26. The maximum Gasteiger partial charge on any atom is 0.191 e. The largest absolute Gasteiger partial charge is 0.370 e. The Balaban J connectivity index is 1.89. The van der Waals surface area contributed by atoms with Crippen LogP contribution in [0.25, 0.3) is 0 Å². The molecule has 1 aliphatic carbocycles. The zero-order valence-electron chi connectivity index (χ0n) is 10.5. The maximum absolute atomic E-state index is 9.13. The number of hydrogen-bond donors (Lipinski definition) is 1. The first kappa shape index (κ1) is 12.2. The summed E-state index contributed by atoms with van der Waals surface area (Å²) < 4.78 is 0. The van der Waals surface area contributed by atoms with E-state index in [2.05, 4.69) is 16.0 Å².